The molecule has 0 bridgehead atoms. The van der Waals surface area contributed by atoms with E-state index in [9.17, 15) is 18.0 Å². The van der Waals surface area contributed by atoms with Crippen molar-refractivity contribution in [1.29, 1.82) is 0 Å². The number of rotatable bonds is 1. The van der Waals surface area contributed by atoms with E-state index in [0.717, 1.165) is 13.0 Å². The van der Waals surface area contributed by atoms with Crippen molar-refractivity contribution in [3.05, 3.63) is 0 Å². The standard InChI is InChI=1S/C12H19F3N2O/c1-8-10(4-5-16-8)11(18)17-6-2-3-9(7-17)12(13,14)15/h8-10,16H,2-7H2,1H3. The van der Waals surface area contributed by atoms with Crippen LogP contribution in [0.3, 0.4) is 0 Å². The molecular formula is C12H19F3N2O. The van der Waals surface area contributed by atoms with E-state index < -0.39 is 12.1 Å². The molecule has 2 aliphatic heterocycles. The van der Waals surface area contributed by atoms with Crippen LogP contribution in [0.2, 0.25) is 0 Å². The number of carbonyl (C=O) groups excluding carboxylic acids is 1. The number of piperidine rings is 1. The molecule has 0 saturated carbocycles. The highest BCUT2D eigenvalue weighted by atomic mass is 19.4. The van der Waals surface area contributed by atoms with E-state index in [0.29, 0.717) is 13.0 Å². The van der Waals surface area contributed by atoms with E-state index >= 15 is 0 Å². The summed E-state index contributed by atoms with van der Waals surface area (Å²) < 4.78 is 38.0. The Kier molecular flexibility index (Phi) is 3.84. The second-order valence-corrected chi connectivity index (χ2v) is 5.30. The molecule has 3 unspecified atom stereocenters. The molecule has 1 amide bonds. The van der Waals surface area contributed by atoms with Crippen LogP contribution in [0.5, 0.6) is 0 Å². The van der Waals surface area contributed by atoms with Gasteiger partial charge in [0.1, 0.15) is 0 Å². The maximum atomic E-state index is 12.7. The Labute approximate surface area is 105 Å². The van der Waals surface area contributed by atoms with Crippen LogP contribution in [0, 0.1) is 11.8 Å². The Bertz CT molecular complexity index is 319. The number of carbonyl (C=O) groups is 1. The second-order valence-electron chi connectivity index (χ2n) is 5.30. The van der Waals surface area contributed by atoms with Gasteiger partial charge in [-0.05, 0) is 32.7 Å². The van der Waals surface area contributed by atoms with Crippen molar-refractivity contribution in [2.24, 2.45) is 11.8 Å². The van der Waals surface area contributed by atoms with Gasteiger partial charge in [0.25, 0.3) is 0 Å². The van der Waals surface area contributed by atoms with Gasteiger partial charge in [-0.3, -0.25) is 4.79 Å². The lowest BCUT2D eigenvalue weighted by Crippen LogP contribution is -2.48. The second kappa shape index (κ2) is 5.07. The van der Waals surface area contributed by atoms with Crippen molar-refractivity contribution in [3.63, 3.8) is 0 Å². The highest BCUT2D eigenvalue weighted by Gasteiger charge is 2.44. The summed E-state index contributed by atoms with van der Waals surface area (Å²) in [6, 6.07) is 0.0729. The fourth-order valence-electron chi connectivity index (χ4n) is 2.88. The van der Waals surface area contributed by atoms with Crippen molar-refractivity contribution in [1.82, 2.24) is 10.2 Å². The average molecular weight is 264 g/mol. The topological polar surface area (TPSA) is 32.3 Å². The Morgan fingerprint density at radius 1 is 1.33 bits per heavy atom. The van der Waals surface area contributed by atoms with Gasteiger partial charge in [0.2, 0.25) is 5.91 Å². The molecule has 104 valence electrons. The maximum Gasteiger partial charge on any atom is 0.393 e. The Hall–Kier alpha value is -0.780. The minimum absolute atomic E-state index is 0.0729. The Balaban J connectivity index is 1.98. The fourth-order valence-corrected chi connectivity index (χ4v) is 2.88. The van der Waals surface area contributed by atoms with Crippen LogP contribution in [-0.2, 0) is 4.79 Å². The molecule has 0 aliphatic carbocycles. The van der Waals surface area contributed by atoms with Gasteiger partial charge in [-0.15, -0.1) is 0 Å². The molecule has 2 fully saturated rings. The zero-order chi connectivity index (χ0) is 13.3. The quantitative estimate of drug-likeness (QED) is 0.783. The number of hydrogen-bond donors (Lipinski definition) is 1. The van der Waals surface area contributed by atoms with E-state index in [-0.39, 0.29) is 30.8 Å². The first-order chi connectivity index (χ1) is 8.39. The summed E-state index contributed by atoms with van der Waals surface area (Å²) in [6.07, 6.45) is -2.86. The molecule has 0 aromatic carbocycles. The third-order valence-corrected chi connectivity index (χ3v) is 4.04. The van der Waals surface area contributed by atoms with E-state index in [1.807, 2.05) is 6.92 Å². The van der Waals surface area contributed by atoms with Crippen molar-refractivity contribution in [2.75, 3.05) is 19.6 Å². The van der Waals surface area contributed by atoms with Gasteiger partial charge in [-0.1, -0.05) is 0 Å². The minimum atomic E-state index is -4.18. The van der Waals surface area contributed by atoms with Gasteiger partial charge in [0, 0.05) is 19.1 Å². The molecule has 3 nitrogen and oxygen atoms in total. The lowest BCUT2D eigenvalue weighted by atomic mass is 9.94. The summed E-state index contributed by atoms with van der Waals surface area (Å²) in [7, 11) is 0. The lowest BCUT2D eigenvalue weighted by molar-refractivity contribution is -0.188. The molecule has 0 aromatic heterocycles. The normalized spacial score (nSPS) is 33.8. The summed E-state index contributed by atoms with van der Waals surface area (Å²) >= 11 is 0. The lowest BCUT2D eigenvalue weighted by Gasteiger charge is -2.35. The number of likely N-dealkylation sites (tertiary alicyclic amines) is 1. The van der Waals surface area contributed by atoms with Crippen LogP contribution in [0.1, 0.15) is 26.2 Å². The van der Waals surface area contributed by atoms with Gasteiger partial charge < -0.3 is 10.2 Å². The van der Waals surface area contributed by atoms with E-state index in [1.165, 1.54) is 4.90 Å². The van der Waals surface area contributed by atoms with Crippen molar-refractivity contribution < 1.29 is 18.0 Å². The number of nitrogens with zero attached hydrogens (tertiary/aromatic N) is 1. The van der Waals surface area contributed by atoms with Crippen molar-refractivity contribution in [2.45, 2.75) is 38.4 Å². The molecule has 3 atom stereocenters. The number of nitrogens with one attached hydrogen (secondary N) is 1. The predicted octanol–water partition coefficient (Wildman–Crippen LogP) is 1.79. The average Bonchev–Trinajstić information content (AvgIpc) is 2.73. The van der Waals surface area contributed by atoms with Crippen LogP contribution in [-0.4, -0.2) is 42.7 Å². The summed E-state index contributed by atoms with van der Waals surface area (Å²) in [5.74, 6) is -1.61. The number of alkyl halides is 3. The molecule has 2 saturated heterocycles. The molecule has 6 heteroatoms. The van der Waals surface area contributed by atoms with Gasteiger partial charge in [0.05, 0.1) is 11.8 Å². The number of amides is 1. The molecule has 1 N–H and O–H groups in total. The summed E-state index contributed by atoms with van der Waals surface area (Å²) in [5.41, 5.74) is 0. The minimum Gasteiger partial charge on any atom is -0.342 e. The monoisotopic (exact) mass is 264 g/mol. The zero-order valence-corrected chi connectivity index (χ0v) is 10.5. The van der Waals surface area contributed by atoms with Gasteiger partial charge >= 0.3 is 6.18 Å². The molecule has 0 aromatic rings. The van der Waals surface area contributed by atoms with E-state index in [1.54, 1.807) is 0 Å². The van der Waals surface area contributed by atoms with Gasteiger partial charge in [0.15, 0.2) is 0 Å². The number of halogens is 3. The highest BCUT2D eigenvalue weighted by molar-refractivity contribution is 5.80. The first-order valence-corrected chi connectivity index (χ1v) is 6.48. The summed E-state index contributed by atoms with van der Waals surface area (Å²) in [6.45, 7) is 3.00. The van der Waals surface area contributed by atoms with E-state index in [4.69, 9.17) is 0 Å². The zero-order valence-electron chi connectivity index (χ0n) is 10.5. The molecule has 2 heterocycles. The maximum absolute atomic E-state index is 12.7. The summed E-state index contributed by atoms with van der Waals surface area (Å²) in [5, 5.41) is 3.16. The Morgan fingerprint density at radius 3 is 2.61 bits per heavy atom. The third kappa shape index (κ3) is 2.79. The van der Waals surface area contributed by atoms with Crippen LogP contribution < -0.4 is 5.32 Å². The third-order valence-electron chi connectivity index (χ3n) is 4.04. The molecular weight excluding hydrogens is 245 g/mol. The van der Waals surface area contributed by atoms with Crippen LogP contribution >= 0.6 is 0 Å². The first-order valence-electron chi connectivity index (χ1n) is 6.48. The smallest absolute Gasteiger partial charge is 0.342 e. The van der Waals surface area contributed by atoms with Crippen LogP contribution in [0.4, 0.5) is 13.2 Å². The molecule has 18 heavy (non-hydrogen) atoms. The summed E-state index contributed by atoms with van der Waals surface area (Å²) in [4.78, 5) is 13.6. The molecule has 0 radical (unpaired) electrons. The highest BCUT2D eigenvalue weighted by Crippen LogP contribution is 2.34. The molecule has 0 spiro atoms. The van der Waals surface area contributed by atoms with Crippen molar-refractivity contribution >= 4 is 5.91 Å². The SMILES string of the molecule is CC1NCCC1C(=O)N1CCCC(C(F)(F)F)C1. The van der Waals surface area contributed by atoms with E-state index in [2.05, 4.69) is 5.32 Å². The van der Waals surface area contributed by atoms with Crippen molar-refractivity contribution in [3.8, 4) is 0 Å². The fraction of sp³-hybridized carbons (Fsp3) is 0.917. The van der Waals surface area contributed by atoms with Gasteiger partial charge in [-0.25, -0.2) is 0 Å². The predicted molar refractivity (Wildman–Crippen MR) is 60.9 cm³/mol. The number of hydrogen-bond acceptors (Lipinski definition) is 2. The first kappa shape index (κ1) is 13.6. The molecule has 2 aliphatic rings. The molecule has 2 rings (SSSR count). The largest absolute Gasteiger partial charge is 0.393 e. The van der Waals surface area contributed by atoms with Crippen LogP contribution in [0.15, 0.2) is 0 Å². The van der Waals surface area contributed by atoms with Crippen LogP contribution in [0.25, 0.3) is 0 Å². The Morgan fingerprint density at radius 2 is 2.06 bits per heavy atom. The van der Waals surface area contributed by atoms with Gasteiger partial charge in [-0.2, -0.15) is 13.2 Å².